The summed E-state index contributed by atoms with van der Waals surface area (Å²) in [6.45, 7) is 3.74. The van der Waals surface area contributed by atoms with Gasteiger partial charge in [0.25, 0.3) is 5.97 Å². The summed E-state index contributed by atoms with van der Waals surface area (Å²) >= 11 is 8.73. The fourth-order valence-electron chi connectivity index (χ4n) is 3.73. The highest BCUT2D eigenvalue weighted by atomic mass is 79.9. The van der Waals surface area contributed by atoms with E-state index >= 15 is 0 Å². The SMILES string of the molecule is CC(=O)O.CCOC(=O)c1nnc(Br)s1.CO.NCc1cc(C2CC2)ccn1.O=C(CCc1cc(C2CC2)ccn1)c1nnc(Br)s1. The summed E-state index contributed by atoms with van der Waals surface area (Å²) in [5, 5.41) is 30.0. The zero-order valence-electron chi connectivity index (χ0n) is 26.1. The van der Waals surface area contributed by atoms with Gasteiger partial charge in [-0.25, -0.2) is 4.79 Å². The van der Waals surface area contributed by atoms with Gasteiger partial charge in [-0.3, -0.25) is 19.6 Å². The number of Topliss-reactive ketones (excluding diaryl/α,β-unsaturated/α-hetero) is 1. The second-order valence-electron chi connectivity index (χ2n) is 9.80. The number of aryl methyl sites for hydroxylation is 1. The predicted molar refractivity (Wildman–Crippen MR) is 186 cm³/mol. The smallest absolute Gasteiger partial charge is 0.369 e. The normalized spacial score (nSPS) is 12.7. The third-order valence-corrected chi connectivity index (χ3v) is 8.82. The van der Waals surface area contributed by atoms with Crippen LogP contribution in [0.1, 0.15) is 99.9 Å². The predicted octanol–water partition coefficient (Wildman–Crippen LogP) is 5.98. The van der Waals surface area contributed by atoms with E-state index in [2.05, 4.69) is 91.2 Å². The number of ketones is 1. The number of rotatable bonds is 9. The second-order valence-corrected chi connectivity index (χ2v) is 14.3. The third-order valence-electron chi connectivity index (χ3n) is 6.09. The van der Waals surface area contributed by atoms with Crippen LogP contribution in [0.5, 0.6) is 0 Å². The van der Waals surface area contributed by atoms with Gasteiger partial charge in [-0.1, -0.05) is 22.7 Å². The van der Waals surface area contributed by atoms with Crippen LogP contribution in [0.2, 0.25) is 0 Å². The average molecular weight is 816 g/mol. The van der Waals surface area contributed by atoms with E-state index in [1.165, 1.54) is 48.1 Å². The number of aliphatic hydroxyl groups is 1. The number of nitrogens with two attached hydrogens (primary N) is 1. The van der Waals surface area contributed by atoms with Crippen LogP contribution in [-0.4, -0.2) is 72.0 Å². The summed E-state index contributed by atoms with van der Waals surface area (Å²) in [6.07, 6.45) is 10.0. The highest BCUT2D eigenvalue weighted by molar-refractivity contribution is 9.11. The maximum Gasteiger partial charge on any atom is 0.369 e. The lowest BCUT2D eigenvalue weighted by Gasteiger charge is -2.02. The Labute approximate surface area is 297 Å². The van der Waals surface area contributed by atoms with E-state index in [-0.39, 0.29) is 10.8 Å². The van der Waals surface area contributed by atoms with E-state index in [9.17, 15) is 9.59 Å². The van der Waals surface area contributed by atoms with Crippen LogP contribution in [0.3, 0.4) is 0 Å². The molecule has 2 saturated carbocycles. The zero-order valence-corrected chi connectivity index (χ0v) is 30.9. The minimum absolute atomic E-state index is 0.0295. The molecule has 0 aliphatic heterocycles. The van der Waals surface area contributed by atoms with Crippen molar-refractivity contribution in [2.45, 2.75) is 70.8 Å². The number of aromatic nitrogens is 6. The topological polar surface area (TPSA) is 204 Å². The molecule has 2 aliphatic carbocycles. The van der Waals surface area contributed by atoms with Gasteiger partial charge in [-0.05, 0) is 118 Å². The number of ether oxygens (including phenoxy) is 1. The summed E-state index contributed by atoms with van der Waals surface area (Å²) in [6, 6.07) is 8.42. The molecule has 0 atom stereocenters. The first kappa shape index (κ1) is 40.1. The molecule has 0 radical (unpaired) electrons. The Morgan fingerprint density at radius 3 is 1.77 bits per heavy atom. The van der Waals surface area contributed by atoms with Gasteiger partial charge in [0.15, 0.2) is 18.6 Å². The summed E-state index contributed by atoms with van der Waals surface area (Å²) in [4.78, 5) is 40.3. The molecule has 0 amide bonds. The minimum Gasteiger partial charge on any atom is -0.481 e. The van der Waals surface area contributed by atoms with Crippen LogP contribution >= 0.6 is 54.5 Å². The first-order chi connectivity index (χ1) is 22.6. The van der Waals surface area contributed by atoms with E-state index in [0.29, 0.717) is 38.8 Å². The first-order valence-corrected chi connectivity index (χ1v) is 17.7. The van der Waals surface area contributed by atoms with Crippen molar-refractivity contribution in [3.8, 4) is 0 Å². The van der Waals surface area contributed by atoms with Crippen molar-refractivity contribution in [3.63, 3.8) is 0 Å². The molecule has 0 aromatic carbocycles. The molecule has 47 heavy (non-hydrogen) atoms. The highest BCUT2D eigenvalue weighted by Gasteiger charge is 2.24. The number of esters is 1. The van der Waals surface area contributed by atoms with Gasteiger partial charge in [0.2, 0.25) is 5.01 Å². The zero-order chi connectivity index (χ0) is 34.8. The molecule has 0 bridgehead atoms. The fourth-order valence-corrected chi connectivity index (χ4v) is 5.81. The third kappa shape index (κ3) is 16.0. The Morgan fingerprint density at radius 2 is 1.34 bits per heavy atom. The monoisotopic (exact) mass is 813 g/mol. The fraction of sp³-hybridized carbons (Fsp3) is 0.433. The van der Waals surface area contributed by atoms with Gasteiger partial charge < -0.3 is 20.7 Å². The second kappa shape index (κ2) is 21.7. The molecule has 17 heteroatoms. The van der Waals surface area contributed by atoms with Gasteiger partial charge in [-0.2, -0.15) is 0 Å². The van der Waals surface area contributed by atoms with E-state index in [1.807, 2.05) is 12.4 Å². The molecular formula is C30H37Br2N7O6S2. The van der Waals surface area contributed by atoms with Crippen LogP contribution in [0.15, 0.2) is 44.5 Å². The molecule has 0 unspecified atom stereocenters. The largest absolute Gasteiger partial charge is 0.481 e. The Balaban J connectivity index is 0.000000237. The first-order valence-electron chi connectivity index (χ1n) is 14.5. The van der Waals surface area contributed by atoms with Crippen molar-refractivity contribution in [1.82, 2.24) is 30.4 Å². The van der Waals surface area contributed by atoms with Crippen molar-refractivity contribution in [1.29, 1.82) is 0 Å². The molecule has 4 aromatic heterocycles. The van der Waals surface area contributed by atoms with Gasteiger partial charge in [0, 0.05) is 45.1 Å². The number of pyridine rings is 2. The van der Waals surface area contributed by atoms with Gasteiger partial charge in [0.05, 0.1) is 12.3 Å². The van der Waals surface area contributed by atoms with Crippen molar-refractivity contribution >= 4 is 72.3 Å². The maximum atomic E-state index is 11.9. The molecule has 4 N–H and O–H groups in total. The average Bonchev–Trinajstić information content (AvgIpc) is 4.01. The summed E-state index contributed by atoms with van der Waals surface area (Å²) < 4.78 is 5.92. The van der Waals surface area contributed by atoms with Gasteiger partial charge >= 0.3 is 5.97 Å². The molecule has 4 heterocycles. The van der Waals surface area contributed by atoms with E-state index in [4.69, 9.17) is 20.7 Å². The van der Waals surface area contributed by atoms with Crippen LogP contribution in [-0.2, 0) is 22.5 Å². The Hall–Kier alpha value is -3.09. The Kier molecular flexibility index (Phi) is 18.5. The molecule has 0 saturated heterocycles. The Morgan fingerprint density at radius 1 is 0.872 bits per heavy atom. The summed E-state index contributed by atoms with van der Waals surface area (Å²) in [7, 11) is 1.00. The molecule has 4 aromatic rings. The number of aliphatic hydroxyl groups excluding tert-OH is 1. The lowest BCUT2D eigenvalue weighted by molar-refractivity contribution is -0.134. The molecule has 13 nitrogen and oxygen atoms in total. The van der Waals surface area contributed by atoms with Crippen molar-refractivity contribution < 1.29 is 29.3 Å². The van der Waals surface area contributed by atoms with Crippen LogP contribution in [0.25, 0.3) is 0 Å². The van der Waals surface area contributed by atoms with Crippen LogP contribution in [0.4, 0.5) is 0 Å². The summed E-state index contributed by atoms with van der Waals surface area (Å²) in [5.74, 6) is 0.303. The number of carbonyl (C=O) groups is 3. The van der Waals surface area contributed by atoms with Crippen LogP contribution < -0.4 is 5.73 Å². The number of carboxylic acids is 1. The standard InChI is InChI=1S/C13H12BrN3OS.C9H12N2.C5H5BrN2O2S.C2H4O2.CH4O/c14-13-17-16-12(19-13)11(18)4-3-10-7-9(5-6-15-10)8-1-2-8;10-6-9-5-8(3-4-11-9)7-1-2-7;1-2-10-4(9)3-7-8-5(6)11-3;1-2(3)4;1-2/h5-8H,1-4H2;3-5,7H,1-2,6,10H2;2H2,1H3;1H3,(H,3,4);2H,1H3. The molecule has 2 aliphatic rings. The molecular weight excluding hydrogens is 778 g/mol. The highest BCUT2D eigenvalue weighted by Crippen LogP contribution is 2.40. The Bertz CT molecular complexity index is 1560. The number of hydrogen-bond acceptors (Lipinski definition) is 14. The number of nitrogens with zero attached hydrogens (tertiary/aromatic N) is 6. The number of carbonyl (C=O) groups excluding carboxylic acids is 2. The number of halogens is 2. The quantitative estimate of drug-likeness (QED) is 0.132. The summed E-state index contributed by atoms with van der Waals surface area (Å²) in [5.41, 5.74) is 10.2. The molecule has 254 valence electrons. The van der Waals surface area contributed by atoms with E-state index in [0.717, 1.165) is 48.6 Å². The lowest BCUT2D eigenvalue weighted by Crippen LogP contribution is -2.03. The van der Waals surface area contributed by atoms with Crippen LogP contribution in [0, 0.1) is 0 Å². The van der Waals surface area contributed by atoms with Gasteiger partial charge in [-0.15, -0.1) is 20.4 Å². The van der Waals surface area contributed by atoms with E-state index < -0.39 is 11.9 Å². The molecule has 6 rings (SSSR count). The number of hydrogen-bond donors (Lipinski definition) is 3. The number of aliphatic carboxylic acids is 1. The van der Waals surface area contributed by atoms with Crippen molar-refractivity contribution in [3.05, 3.63) is 77.0 Å². The minimum atomic E-state index is -0.833. The maximum absolute atomic E-state index is 11.9. The van der Waals surface area contributed by atoms with Crippen molar-refractivity contribution in [2.75, 3.05) is 13.7 Å². The molecule has 0 spiro atoms. The number of carboxylic acid groups (broad SMARTS) is 1. The van der Waals surface area contributed by atoms with Crippen molar-refractivity contribution in [2.24, 2.45) is 5.73 Å². The van der Waals surface area contributed by atoms with Gasteiger partial charge in [0.1, 0.15) is 0 Å². The van der Waals surface area contributed by atoms with E-state index in [1.54, 1.807) is 6.92 Å². The molecule has 2 fully saturated rings. The lowest BCUT2D eigenvalue weighted by atomic mass is 10.1.